The van der Waals surface area contributed by atoms with Gasteiger partial charge in [0.05, 0.1) is 6.61 Å². The summed E-state index contributed by atoms with van der Waals surface area (Å²) in [6, 6.07) is 0. The lowest BCUT2D eigenvalue weighted by molar-refractivity contribution is 0.143. The molecular formula is C7H10N2O. The van der Waals surface area contributed by atoms with Crippen LogP contribution in [0.1, 0.15) is 5.82 Å². The number of aromatic amines is 1. The molecule has 0 bridgehead atoms. The number of ether oxygens (including phenoxy) is 1. The largest absolute Gasteiger partial charge is 0.369 e. The smallest absolute Gasteiger partial charge is 0.132 e. The molecule has 0 aliphatic heterocycles. The standard InChI is InChI=1S/C7H10N2O/c1-2-5-10-6-7-8-3-4-9-7/h2-4H,1,5-6H2,(H,8,9). The van der Waals surface area contributed by atoms with Gasteiger partial charge in [0, 0.05) is 12.4 Å². The van der Waals surface area contributed by atoms with E-state index in [1.807, 2.05) is 0 Å². The number of H-pyrrole nitrogens is 1. The molecule has 0 aliphatic carbocycles. The molecule has 0 saturated heterocycles. The van der Waals surface area contributed by atoms with E-state index in [0.29, 0.717) is 13.2 Å². The highest BCUT2D eigenvalue weighted by atomic mass is 16.5. The van der Waals surface area contributed by atoms with Crippen LogP contribution in [-0.4, -0.2) is 16.6 Å². The lowest BCUT2D eigenvalue weighted by Gasteiger charge is -1.94. The Morgan fingerprint density at radius 3 is 3.30 bits per heavy atom. The summed E-state index contributed by atoms with van der Waals surface area (Å²) >= 11 is 0. The van der Waals surface area contributed by atoms with Crippen molar-refractivity contribution >= 4 is 0 Å². The van der Waals surface area contributed by atoms with Gasteiger partial charge in [-0.25, -0.2) is 4.98 Å². The van der Waals surface area contributed by atoms with E-state index in [9.17, 15) is 0 Å². The van der Waals surface area contributed by atoms with Crippen molar-refractivity contribution in [3.05, 3.63) is 30.9 Å². The van der Waals surface area contributed by atoms with Crippen LogP contribution < -0.4 is 0 Å². The molecule has 0 unspecified atom stereocenters. The van der Waals surface area contributed by atoms with Crippen molar-refractivity contribution in [2.45, 2.75) is 6.61 Å². The van der Waals surface area contributed by atoms with E-state index in [0.717, 1.165) is 5.82 Å². The molecule has 1 N–H and O–H groups in total. The predicted molar refractivity (Wildman–Crippen MR) is 38.4 cm³/mol. The maximum Gasteiger partial charge on any atom is 0.132 e. The zero-order valence-corrected chi connectivity index (χ0v) is 5.71. The van der Waals surface area contributed by atoms with Crippen LogP contribution in [0.2, 0.25) is 0 Å². The SMILES string of the molecule is C=CCOCc1ncc[nH]1. The first-order valence-corrected chi connectivity index (χ1v) is 3.10. The minimum Gasteiger partial charge on any atom is -0.369 e. The van der Waals surface area contributed by atoms with E-state index in [1.54, 1.807) is 18.5 Å². The van der Waals surface area contributed by atoms with E-state index in [4.69, 9.17) is 4.74 Å². The van der Waals surface area contributed by atoms with Gasteiger partial charge in [0.1, 0.15) is 12.4 Å². The highest BCUT2D eigenvalue weighted by Crippen LogP contribution is 1.90. The van der Waals surface area contributed by atoms with E-state index < -0.39 is 0 Å². The van der Waals surface area contributed by atoms with E-state index in [2.05, 4.69) is 16.5 Å². The van der Waals surface area contributed by atoms with Gasteiger partial charge in [-0.1, -0.05) is 6.08 Å². The van der Waals surface area contributed by atoms with Gasteiger partial charge in [-0.2, -0.15) is 0 Å². The second kappa shape index (κ2) is 3.85. The highest BCUT2D eigenvalue weighted by molar-refractivity contribution is 4.84. The fraction of sp³-hybridized carbons (Fsp3) is 0.286. The number of hydrogen-bond acceptors (Lipinski definition) is 2. The minimum atomic E-state index is 0.527. The van der Waals surface area contributed by atoms with Crippen LogP contribution >= 0.6 is 0 Å². The number of hydrogen-bond donors (Lipinski definition) is 1. The van der Waals surface area contributed by atoms with Gasteiger partial charge in [0.25, 0.3) is 0 Å². The molecule has 1 rings (SSSR count). The Kier molecular flexibility index (Phi) is 2.70. The molecule has 0 radical (unpaired) electrons. The Bertz CT molecular complexity index is 181. The molecule has 1 aromatic heterocycles. The molecule has 0 aromatic carbocycles. The van der Waals surface area contributed by atoms with Crippen molar-refractivity contribution in [3.8, 4) is 0 Å². The van der Waals surface area contributed by atoms with Crippen LogP contribution in [0.5, 0.6) is 0 Å². The normalized spacial score (nSPS) is 9.60. The first-order valence-electron chi connectivity index (χ1n) is 3.10. The number of nitrogens with zero attached hydrogens (tertiary/aromatic N) is 1. The molecule has 0 atom stereocenters. The zero-order valence-electron chi connectivity index (χ0n) is 5.71. The number of nitrogens with one attached hydrogen (secondary N) is 1. The van der Waals surface area contributed by atoms with Crippen molar-refractivity contribution in [1.29, 1.82) is 0 Å². The molecule has 54 valence electrons. The van der Waals surface area contributed by atoms with Crippen molar-refractivity contribution in [3.63, 3.8) is 0 Å². The first-order chi connectivity index (χ1) is 4.93. The van der Waals surface area contributed by atoms with Crippen molar-refractivity contribution < 1.29 is 4.74 Å². The molecule has 1 heterocycles. The minimum absolute atomic E-state index is 0.527. The van der Waals surface area contributed by atoms with Gasteiger partial charge >= 0.3 is 0 Å². The topological polar surface area (TPSA) is 37.9 Å². The Morgan fingerprint density at radius 1 is 1.80 bits per heavy atom. The number of rotatable bonds is 4. The van der Waals surface area contributed by atoms with Crippen LogP contribution in [0.25, 0.3) is 0 Å². The number of aromatic nitrogens is 2. The average molecular weight is 138 g/mol. The van der Waals surface area contributed by atoms with E-state index in [-0.39, 0.29) is 0 Å². The molecule has 0 saturated carbocycles. The monoisotopic (exact) mass is 138 g/mol. The van der Waals surface area contributed by atoms with Crippen LogP contribution in [0.15, 0.2) is 25.0 Å². The summed E-state index contributed by atoms with van der Waals surface area (Å²) in [5.41, 5.74) is 0. The lowest BCUT2D eigenvalue weighted by Crippen LogP contribution is -1.93. The second-order valence-electron chi connectivity index (χ2n) is 1.84. The summed E-state index contributed by atoms with van der Waals surface area (Å²) in [5.74, 6) is 0.849. The van der Waals surface area contributed by atoms with Gasteiger partial charge in [-0.15, -0.1) is 6.58 Å². The Labute approximate surface area is 59.7 Å². The van der Waals surface area contributed by atoms with E-state index in [1.165, 1.54) is 0 Å². The quantitative estimate of drug-likeness (QED) is 0.500. The third kappa shape index (κ3) is 2.03. The van der Waals surface area contributed by atoms with Gasteiger partial charge in [0.15, 0.2) is 0 Å². The Balaban J connectivity index is 2.21. The molecule has 10 heavy (non-hydrogen) atoms. The summed E-state index contributed by atoms with van der Waals surface area (Å²) in [4.78, 5) is 6.90. The Hall–Kier alpha value is -1.09. The molecule has 0 spiro atoms. The second-order valence-corrected chi connectivity index (χ2v) is 1.84. The highest BCUT2D eigenvalue weighted by Gasteiger charge is 1.90. The fourth-order valence-corrected chi connectivity index (χ4v) is 0.616. The summed E-state index contributed by atoms with van der Waals surface area (Å²) in [5, 5.41) is 0. The van der Waals surface area contributed by atoms with Gasteiger partial charge < -0.3 is 9.72 Å². The Morgan fingerprint density at radius 2 is 2.70 bits per heavy atom. The van der Waals surface area contributed by atoms with Gasteiger partial charge in [-0.05, 0) is 0 Å². The molecule has 0 aliphatic rings. The number of imidazole rings is 1. The van der Waals surface area contributed by atoms with Crippen LogP contribution in [-0.2, 0) is 11.3 Å². The van der Waals surface area contributed by atoms with Crippen molar-refractivity contribution in [1.82, 2.24) is 9.97 Å². The molecule has 3 nitrogen and oxygen atoms in total. The molecule has 1 aromatic rings. The van der Waals surface area contributed by atoms with Crippen molar-refractivity contribution in [2.24, 2.45) is 0 Å². The average Bonchev–Trinajstić information content (AvgIpc) is 2.41. The van der Waals surface area contributed by atoms with Gasteiger partial charge in [0.2, 0.25) is 0 Å². The third-order valence-electron chi connectivity index (χ3n) is 1.03. The predicted octanol–water partition coefficient (Wildman–Crippen LogP) is 1.11. The summed E-state index contributed by atoms with van der Waals surface area (Å²) in [6.45, 7) is 4.62. The molecule has 0 amide bonds. The molecule has 0 fully saturated rings. The third-order valence-corrected chi connectivity index (χ3v) is 1.03. The first kappa shape index (κ1) is 7.02. The fourth-order valence-electron chi connectivity index (χ4n) is 0.616. The van der Waals surface area contributed by atoms with E-state index >= 15 is 0 Å². The lowest BCUT2D eigenvalue weighted by atomic mass is 10.6. The summed E-state index contributed by atoms with van der Waals surface area (Å²) < 4.78 is 5.12. The zero-order chi connectivity index (χ0) is 7.23. The van der Waals surface area contributed by atoms with Crippen LogP contribution in [0.3, 0.4) is 0 Å². The van der Waals surface area contributed by atoms with Crippen LogP contribution in [0.4, 0.5) is 0 Å². The summed E-state index contributed by atoms with van der Waals surface area (Å²) in [7, 11) is 0. The maximum atomic E-state index is 5.12. The molecular weight excluding hydrogens is 128 g/mol. The summed E-state index contributed by atoms with van der Waals surface area (Å²) in [6.07, 6.45) is 5.18. The van der Waals surface area contributed by atoms with Crippen LogP contribution in [0, 0.1) is 0 Å². The van der Waals surface area contributed by atoms with Gasteiger partial charge in [-0.3, -0.25) is 0 Å². The maximum absolute atomic E-state index is 5.12. The molecule has 3 heteroatoms. The van der Waals surface area contributed by atoms with Crippen molar-refractivity contribution in [2.75, 3.05) is 6.61 Å².